The van der Waals surface area contributed by atoms with Crippen LogP contribution in [-0.4, -0.2) is 22.6 Å². The van der Waals surface area contributed by atoms with E-state index in [9.17, 15) is 14.4 Å². The Bertz CT molecular complexity index is 885. The van der Waals surface area contributed by atoms with Crippen molar-refractivity contribution < 1.29 is 14.4 Å². The first kappa shape index (κ1) is 17.9. The number of likely N-dealkylation sites (tertiary alicyclic amines) is 1. The summed E-state index contributed by atoms with van der Waals surface area (Å²) >= 11 is 1.60. The van der Waals surface area contributed by atoms with Crippen LogP contribution in [0.2, 0.25) is 0 Å². The Morgan fingerprint density at radius 1 is 1.15 bits per heavy atom. The van der Waals surface area contributed by atoms with Crippen molar-refractivity contribution in [3.05, 3.63) is 51.2 Å². The van der Waals surface area contributed by atoms with Gasteiger partial charge in [-0.15, -0.1) is 11.3 Å². The molecule has 1 fully saturated rings. The third-order valence-electron chi connectivity index (χ3n) is 5.26. The minimum atomic E-state index is -0.117. The van der Waals surface area contributed by atoms with Gasteiger partial charge in [-0.2, -0.15) is 0 Å². The fraction of sp³-hybridized carbons (Fsp3) is 0.381. The van der Waals surface area contributed by atoms with E-state index in [0.29, 0.717) is 31.0 Å². The summed E-state index contributed by atoms with van der Waals surface area (Å²) in [5, 5.41) is 2.94. The number of nitrogens with one attached hydrogen (secondary N) is 1. The van der Waals surface area contributed by atoms with Gasteiger partial charge in [0.25, 0.3) is 5.91 Å². The molecule has 1 aliphatic heterocycles. The minimum Gasteiger partial charge on any atom is -0.321 e. The quantitative estimate of drug-likeness (QED) is 0.819. The summed E-state index contributed by atoms with van der Waals surface area (Å²) in [6, 6.07) is 9.34. The normalized spacial score (nSPS) is 19.3. The third-order valence-corrected chi connectivity index (χ3v) is 6.50. The number of benzene rings is 1. The molecule has 2 aliphatic rings. The minimum absolute atomic E-state index is 0.0836. The average Bonchev–Trinajstić information content (AvgIpc) is 3.21. The van der Waals surface area contributed by atoms with Crippen LogP contribution < -0.4 is 5.32 Å². The predicted octanol–water partition coefficient (Wildman–Crippen LogP) is 3.77. The molecule has 1 aliphatic carbocycles. The molecule has 0 saturated carbocycles. The molecule has 6 heteroatoms. The van der Waals surface area contributed by atoms with Gasteiger partial charge in [0.1, 0.15) is 0 Å². The number of hydrogen-bond acceptors (Lipinski definition) is 4. The molecule has 1 atom stereocenters. The molecule has 1 aromatic carbocycles. The number of nitrogens with zero attached hydrogens (tertiary/aromatic N) is 1. The van der Waals surface area contributed by atoms with Gasteiger partial charge < -0.3 is 5.32 Å². The Balaban J connectivity index is 1.40. The molecule has 27 heavy (non-hydrogen) atoms. The fourth-order valence-corrected chi connectivity index (χ4v) is 4.79. The van der Waals surface area contributed by atoms with Gasteiger partial charge in [0.05, 0.1) is 11.4 Å². The lowest BCUT2D eigenvalue weighted by Crippen LogP contribution is -2.28. The first-order valence-electron chi connectivity index (χ1n) is 9.34. The molecule has 1 unspecified atom stereocenters. The summed E-state index contributed by atoms with van der Waals surface area (Å²) in [6.45, 7) is 2.55. The number of rotatable bonds is 4. The zero-order valence-corrected chi connectivity index (χ0v) is 16.1. The van der Waals surface area contributed by atoms with Crippen molar-refractivity contribution >= 4 is 34.7 Å². The molecule has 3 amide bonds. The number of amides is 3. The van der Waals surface area contributed by atoms with E-state index in [1.165, 1.54) is 21.8 Å². The molecule has 0 bridgehead atoms. The molecule has 1 saturated heterocycles. The van der Waals surface area contributed by atoms with Crippen LogP contribution in [0.15, 0.2) is 30.3 Å². The number of carbonyl (C=O) groups excluding carboxylic acids is 3. The second-order valence-corrected chi connectivity index (χ2v) is 8.57. The van der Waals surface area contributed by atoms with Crippen molar-refractivity contribution in [2.45, 2.75) is 45.6 Å². The maximum absolute atomic E-state index is 12.6. The standard InChI is InChI=1S/C21H22N2O3S/c1-13-2-7-17-15(10-13)11-18(27-17)21(26)22-16-5-3-14(4-6-16)12-23-19(24)8-9-20(23)25/h3-6,11,13H,2,7-10,12H2,1H3,(H,22,26). The lowest BCUT2D eigenvalue weighted by molar-refractivity contribution is -0.139. The number of aryl methyl sites for hydroxylation is 1. The molecular weight excluding hydrogens is 360 g/mol. The Morgan fingerprint density at radius 3 is 2.56 bits per heavy atom. The van der Waals surface area contributed by atoms with Gasteiger partial charge >= 0.3 is 0 Å². The Labute approximate surface area is 162 Å². The van der Waals surface area contributed by atoms with E-state index in [0.717, 1.165) is 23.3 Å². The van der Waals surface area contributed by atoms with Crippen molar-refractivity contribution in [2.24, 2.45) is 5.92 Å². The second-order valence-electron chi connectivity index (χ2n) is 7.43. The van der Waals surface area contributed by atoms with E-state index in [4.69, 9.17) is 0 Å². The SMILES string of the molecule is CC1CCc2sc(C(=O)Nc3ccc(CN4C(=O)CCC4=O)cc3)cc2C1. The monoisotopic (exact) mass is 382 g/mol. The highest BCUT2D eigenvalue weighted by Crippen LogP contribution is 2.32. The van der Waals surface area contributed by atoms with Crippen LogP contribution in [0.3, 0.4) is 0 Å². The third kappa shape index (κ3) is 3.81. The summed E-state index contributed by atoms with van der Waals surface area (Å²) in [7, 11) is 0. The number of anilines is 1. The smallest absolute Gasteiger partial charge is 0.265 e. The van der Waals surface area contributed by atoms with Crippen LogP contribution in [0.25, 0.3) is 0 Å². The zero-order chi connectivity index (χ0) is 19.0. The van der Waals surface area contributed by atoms with Crippen LogP contribution >= 0.6 is 11.3 Å². The van der Waals surface area contributed by atoms with Crippen molar-refractivity contribution in [1.82, 2.24) is 4.90 Å². The number of fused-ring (bicyclic) bond motifs is 1. The van der Waals surface area contributed by atoms with Crippen LogP contribution in [0.4, 0.5) is 5.69 Å². The fourth-order valence-electron chi connectivity index (χ4n) is 3.69. The summed E-state index contributed by atoms with van der Waals surface area (Å²) in [6.07, 6.45) is 3.92. The van der Waals surface area contributed by atoms with Crippen LogP contribution in [0, 0.1) is 5.92 Å². The molecule has 1 aromatic heterocycles. The van der Waals surface area contributed by atoms with Gasteiger partial charge in [-0.1, -0.05) is 19.1 Å². The Morgan fingerprint density at radius 2 is 1.85 bits per heavy atom. The highest BCUT2D eigenvalue weighted by molar-refractivity contribution is 7.14. The number of imide groups is 1. The number of thiophene rings is 1. The highest BCUT2D eigenvalue weighted by Gasteiger charge is 2.28. The summed E-state index contributed by atoms with van der Waals surface area (Å²) in [4.78, 5) is 39.4. The highest BCUT2D eigenvalue weighted by atomic mass is 32.1. The van der Waals surface area contributed by atoms with Gasteiger partial charge in [0, 0.05) is 23.4 Å². The first-order valence-corrected chi connectivity index (χ1v) is 10.2. The van der Waals surface area contributed by atoms with Crippen molar-refractivity contribution in [2.75, 3.05) is 5.32 Å². The Hall–Kier alpha value is -2.47. The topological polar surface area (TPSA) is 66.5 Å². The first-order chi connectivity index (χ1) is 13.0. The van der Waals surface area contributed by atoms with E-state index in [1.54, 1.807) is 11.3 Å². The van der Waals surface area contributed by atoms with Gasteiger partial charge in [-0.25, -0.2) is 0 Å². The average molecular weight is 382 g/mol. The largest absolute Gasteiger partial charge is 0.321 e. The number of hydrogen-bond donors (Lipinski definition) is 1. The molecule has 1 N–H and O–H groups in total. The molecular formula is C21H22N2O3S. The van der Waals surface area contributed by atoms with Crippen LogP contribution in [-0.2, 0) is 29.0 Å². The lowest BCUT2D eigenvalue weighted by Gasteiger charge is -2.16. The van der Waals surface area contributed by atoms with E-state index in [1.807, 2.05) is 30.3 Å². The maximum atomic E-state index is 12.6. The second kappa shape index (κ2) is 7.27. The molecule has 4 rings (SSSR count). The molecule has 5 nitrogen and oxygen atoms in total. The summed E-state index contributed by atoms with van der Waals surface area (Å²) < 4.78 is 0. The van der Waals surface area contributed by atoms with Crippen molar-refractivity contribution in [3.63, 3.8) is 0 Å². The molecule has 0 radical (unpaired) electrons. The molecule has 2 aromatic rings. The zero-order valence-electron chi connectivity index (χ0n) is 15.3. The van der Waals surface area contributed by atoms with Crippen molar-refractivity contribution in [1.29, 1.82) is 0 Å². The lowest BCUT2D eigenvalue weighted by atomic mass is 9.90. The molecule has 2 heterocycles. The summed E-state index contributed by atoms with van der Waals surface area (Å²) in [5.41, 5.74) is 2.90. The van der Waals surface area contributed by atoms with E-state index in [-0.39, 0.29) is 17.7 Å². The molecule has 140 valence electrons. The van der Waals surface area contributed by atoms with E-state index < -0.39 is 0 Å². The van der Waals surface area contributed by atoms with Gasteiger partial charge in [0.15, 0.2) is 0 Å². The van der Waals surface area contributed by atoms with Gasteiger partial charge in [-0.3, -0.25) is 19.3 Å². The molecule has 0 spiro atoms. The van der Waals surface area contributed by atoms with E-state index >= 15 is 0 Å². The maximum Gasteiger partial charge on any atom is 0.265 e. The number of carbonyl (C=O) groups is 3. The van der Waals surface area contributed by atoms with Crippen LogP contribution in [0.5, 0.6) is 0 Å². The predicted molar refractivity (Wildman–Crippen MR) is 105 cm³/mol. The van der Waals surface area contributed by atoms with Crippen LogP contribution in [0.1, 0.15) is 51.9 Å². The van der Waals surface area contributed by atoms with Gasteiger partial charge in [-0.05, 0) is 54.5 Å². The van der Waals surface area contributed by atoms with Crippen molar-refractivity contribution in [3.8, 4) is 0 Å². The van der Waals surface area contributed by atoms with E-state index in [2.05, 4.69) is 12.2 Å². The van der Waals surface area contributed by atoms with Gasteiger partial charge in [0.2, 0.25) is 11.8 Å². The summed E-state index contributed by atoms with van der Waals surface area (Å²) in [5.74, 6) is 0.367. The Kier molecular flexibility index (Phi) is 4.83.